The maximum Gasteiger partial charge on any atom is 0.322 e. The van der Waals surface area contributed by atoms with Crippen LogP contribution in [-0.4, -0.2) is 16.1 Å². The van der Waals surface area contributed by atoms with Crippen LogP contribution >= 0.6 is 0 Å². The van der Waals surface area contributed by atoms with Crippen LogP contribution in [0.5, 0.6) is 0 Å². The van der Waals surface area contributed by atoms with Crippen molar-refractivity contribution in [3.8, 4) is 0 Å². The first kappa shape index (κ1) is 11.8. The molecule has 6 heteroatoms. The number of carbonyl (C=O) groups is 1. The minimum atomic E-state index is -0.594. The summed E-state index contributed by atoms with van der Waals surface area (Å²) in [4.78, 5) is 11.9. The van der Waals surface area contributed by atoms with Crippen molar-refractivity contribution < 1.29 is 13.6 Å². The number of anilines is 1. The molecule has 0 bridgehead atoms. The Kier molecular flexibility index (Phi) is 2.77. The van der Waals surface area contributed by atoms with E-state index in [1.165, 1.54) is 12.1 Å². The lowest BCUT2D eigenvalue weighted by Gasteiger charge is -2.02. The molecule has 1 aliphatic rings. The topological polar surface area (TPSA) is 68.0 Å². The molecule has 1 aliphatic carbocycles. The molecule has 98 valence electrons. The zero-order valence-corrected chi connectivity index (χ0v) is 10.3. The molecule has 1 fully saturated rings. The van der Waals surface area contributed by atoms with Gasteiger partial charge in [-0.1, -0.05) is 11.2 Å². The van der Waals surface area contributed by atoms with E-state index in [1.807, 2.05) is 0 Å². The van der Waals surface area contributed by atoms with Crippen LogP contribution in [0.4, 0.5) is 10.4 Å². The quantitative estimate of drug-likeness (QED) is 0.922. The molecule has 1 saturated carbocycles. The summed E-state index contributed by atoms with van der Waals surface area (Å²) < 4.78 is 18.9. The molecule has 0 unspecified atom stereocenters. The lowest BCUT2D eigenvalue weighted by Crippen LogP contribution is -2.14. The Bertz CT molecular complexity index is 635. The SMILES string of the molecule is Cc1ccc(C(=O)Nc2nnc(C3CC3)o2)c(F)c1. The molecule has 0 saturated heterocycles. The normalized spacial score (nSPS) is 14.4. The van der Waals surface area contributed by atoms with E-state index in [1.54, 1.807) is 13.0 Å². The second-order valence-corrected chi connectivity index (χ2v) is 4.66. The molecule has 0 aliphatic heterocycles. The summed E-state index contributed by atoms with van der Waals surface area (Å²) in [6.45, 7) is 1.75. The second kappa shape index (κ2) is 4.46. The van der Waals surface area contributed by atoms with E-state index in [0.29, 0.717) is 11.8 Å². The highest BCUT2D eigenvalue weighted by molar-refractivity contribution is 6.03. The smallest absolute Gasteiger partial charge is 0.322 e. The number of halogens is 1. The zero-order chi connectivity index (χ0) is 13.4. The number of aromatic nitrogens is 2. The molecule has 0 spiro atoms. The summed E-state index contributed by atoms with van der Waals surface area (Å²) >= 11 is 0. The molecule has 1 aromatic carbocycles. The summed E-state index contributed by atoms with van der Waals surface area (Å²) in [7, 11) is 0. The van der Waals surface area contributed by atoms with Crippen molar-refractivity contribution in [2.24, 2.45) is 0 Å². The van der Waals surface area contributed by atoms with Gasteiger partial charge in [-0.3, -0.25) is 10.1 Å². The van der Waals surface area contributed by atoms with E-state index in [9.17, 15) is 9.18 Å². The first-order valence-corrected chi connectivity index (χ1v) is 6.04. The van der Waals surface area contributed by atoms with Crippen LogP contribution in [0.3, 0.4) is 0 Å². The molecule has 1 amide bonds. The number of amides is 1. The molecule has 1 aromatic heterocycles. The fourth-order valence-corrected chi connectivity index (χ4v) is 1.75. The highest BCUT2D eigenvalue weighted by atomic mass is 19.1. The maximum atomic E-state index is 13.6. The maximum absolute atomic E-state index is 13.6. The van der Waals surface area contributed by atoms with Crippen LogP contribution in [-0.2, 0) is 0 Å². The molecular formula is C13H12FN3O2. The minimum Gasteiger partial charge on any atom is -0.408 e. The van der Waals surface area contributed by atoms with Gasteiger partial charge in [-0.05, 0) is 37.5 Å². The van der Waals surface area contributed by atoms with Crippen molar-refractivity contribution in [1.82, 2.24) is 10.2 Å². The van der Waals surface area contributed by atoms with Gasteiger partial charge in [0.1, 0.15) is 5.82 Å². The Morgan fingerprint density at radius 1 is 1.42 bits per heavy atom. The van der Waals surface area contributed by atoms with Crippen molar-refractivity contribution in [2.75, 3.05) is 5.32 Å². The zero-order valence-electron chi connectivity index (χ0n) is 10.3. The Balaban J connectivity index is 1.76. The Morgan fingerprint density at radius 3 is 2.89 bits per heavy atom. The predicted octanol–water partition coefficient (Wildman–Crippen LogP) is 2.65. The monoisotopic (exact) mass is 261 g/mol. The molecule has 5 nitrogen and oxygen atoms in total. The highest BCUT2D eigenvalue weighted by Gasteiger charge is 2.29. The number of hydrogen-bond acceptors (Lipinski definition) is 4. The summed E-state index contributed by atoms with van der Waals surface area (Å²) in [6.07, 6.45) is 2.06. The van der Waals surface area contributed by atoms with Crippen LogP contribution in [0, 0.1) is 12.7 Å². The van der Waals surface area contributed by atoms with Crippen LogP contribution < -0.4 is 5.32 Å². The molecule has 0 atom stereocenters. The number of nitrogens with one attached hydrogen (secondary N) is 1. The van der Waals surface area contributed by atoms with E-state index in [0.717, 1.165) is 18.4 Å². The van der Waals surface area contributed by atoms with Gasteiger partial charge in [0, 0.05) is 5.92 Å². The fraction of sp³-hybridized carbons (Fsp3) is 0.308. The van der Waals surface area contributed by atoms with Crippen LogP contribution in [0.1, 0.15) is 40.6 Å². The average Bonchev–Trinajstić information content (AvgIpc) is 3.10. The molecule has 19 heavy (non-hydrogen) atoms. The summed E-state index contributed by atoms with van der Waals surface area (Å²) in [5.41, 5.74) is 0.708. The van der Waals surface area contributed by atoms with Crippen molar-refractivity contribution in [3.05, 3.63) is 41.0 Å². The molecule has 1 N–H and O–H groups in total. The Morgan fingerprint density at radius 2 is 2.21 bits per heavy atom. The number of benzene rings is 1. The fourth-order valence-electron chi connectivity index (χ4n) is 1.75. The van der Waals surface area contributed by atoms with Crippen molar-refractivity contribution in [1.29, 1.82) is 0 Å². The standard InChI is InChI=1S/C13H12FN3O2/c1-7-2-5-9(10(14)6-7)11(18)15-13-17-16-12(19-13)8-3-4-8/h2,5-6,8H,3-4H2,1H3,(H,15,17,18). The van der Waals surface area contributed by atoms with E-state index in [2.05, 4.69) is 15.5 Å². The van der Waals surface area contributed by atoms with Gasteiger partial charge in [0.05, 0.1) is 5.56 Å². The van der Waals surface area contributed by atoms with Crippen LogP contribution in [0.2, 0.25) is 0 Å². The lowest BCUT2D eigenvalue weighted by atomic mass is 10.1. The second-order valence-electron chi connectivity index (χ2n) is 4.66. The first-order chi connectivity index (χ1) is 9.13. The van der Waals surface area contributed by atoms with Gasteiger partial charge in [0.2, 0.25) is 5.89 Å². The van der Waals surface area contributed by atoms with Gasteiger partial charge < -0.3 is 4.42 Å². The van der Waals surface area contributed by atoms with E-state index in [-0.39, 0.29) is 11.6 Å². The van der Waals surface area contributed by atoms with Crippen LogP contribution in [0.25, 0.3) is 0 Å². The third-order valence-electron chi connectivity index (χ3n) is 2.96. The molecule has 3 rings (SSSR count). The van der Waals surface area contributed by atoms with Gasteiger partial charge >= 0.3 is 6.01 Å². The summed E-state index contributed by atoms with van der Waals surface area (Å²) in [5, 5.41) is 9.96. The first-order valence-electron chi connectivity index (χ1n) is 6.04. The molecule has 1 heterocycles. The van der Waals surface area contributed by atoms with Crippen molar-refractivity contribution in [3.63, 3.8) is 0 Å². The van der Waals surface area contributed by atoms with Gasteiger partial charge in [0.25, 0.3) is 5.91 Å². The van der Waals surface area contributed by atoms with E-state index in [4.69, 9.17) is 4.42 Å². The minimum absolute atomic E-state index is 0.00637. The lowest BCUT2D eigenvalue weighted by molar-refractivity contribution is 0.102. The summed E-state index contributed by atoms with van der Waals surface area (Å²) in [5.74, 6) is -0.322. The third kappa shape index (κ3) is 2.47. The molecular weight excluding hydrogens is 249 g/mol. The van der Waals surface area contributed by atoms with Crippen molar-refractivity contribution >= 4 is 11.9 Å². The molecule has 2 aromatic rings. The van der Waals surface area contributed by atoms with Gasteiger partial charge in [0.15, 0.2) is 0 Å². The number of rotatable bonds is 3. The van der Waals surface area contributed by atoms with Gasteiger partial charge in [-0.25, -0.2) is 4.39 Å². The average molecular weight is 261 g/mol. The predicted molar refractivity (Wildman–Crippen MR) is 65.4 cm³/mol. The van der Waals surface area contributed by atoms with Crippen LogP contribution in [0.15, 0.2) is 22.6 Å². The molecule has 0 radical (unpaired) electrons. The van der Waals surface area contributed by atoms with E-state index < -0.39 is 11.7 Å². The number of hydrogen-bond donors (Lipinski definition) is 1. The number of aryl methyl sites for hydroxylation is 1. The highest BCUT2D eigenvalue weighted by Crippen LogP contribution is 2.39. The Labute approximate surface area is 108 Å². The van der Waals surface area contributed by atoms with Gasteiger partial charge in [-0.2, -0.15) is 0 Å². The third-order valence-corrected chi connectivity index (χ3v) is 2.96. The number of carbonyl (C=O) groups excluding carboxylic acids is 1. The Hall–Kier alpha value is -2.24. The summed E-state index contributed by atoms with van der Waals surface area (Å²) in [6, 6.07) is 4.41. The number of nitrogens with zero attached hydrogens (tertiary/aromatic N) is 2. The van der Waals surface area contributed by atoms with Crippen molar-refractivity contribution in [2.45, 2.75) is 25.7 Å². The van der Waals surface area contributed by atoms with Gasteiger partial charge in [-0.15, -0.1) is 5.10 Å². The van der Waals surface area contributed by atoms with E-state index >= 15 is 0 Å². The largest absolute Gasteiger partial charge is 0.408 e.